The first-order valence-electron chi connectivity index (χ1n) is 4.59. The molecule has 0 bridgehead atoms. The van der Waals surface area contributed by atoms with Crippen molar-refractivity contribution in [2.75, 3.05) is 0 Å². The highest BCUT2D eigenvalue weighted by molar-refractivity contribution is 5.91. The smallest absolute Gasteiger partial charge is 0.194 e. The van der Waals surface area contributed by atoms with Gasteiger partial charge in [0.15, 0.2) is 23.2 Å². The molecule has 0 unspecified atom stereocenters. The Morgan fingerprint density at radius 2 is 2.06 bits per heavy atom. The second-order valence-corrected chi connectivity index (χ2v) is 3.33. The van der Waals surface area contributed by atoms with E-state index in [2.05, 4.69) is 9.97 Å². The fraction of sp³-hybridized carbons (Fsp3) is 0.0909. The molecule has 0 saturated heterocycles. The van der Waals surface area contributed by atoms with Crippen LogP contribution in [0.25, 0.3) is 11.3 Å². The summed E-state index contributed by atoms with van der Waals surface area (Å²) in [5.41, 5.74) is 0.919. The van der Waals surface area contributed by atoms with Crippen LogP contribution < -0.4 is 0 Å². The van der Waals surface area contributed by atoms with Crippen LogP contribution in [0.3, 0.4) is 0 Å². The summed E-state index contributed by atoms with van der Waals surface area (Å²) in [7, 11) is 0. The highest BCUT2D eigenvalue weighted by atomic mass is 19.2. The van der Waals surface area contributed by atoms with Crippen molar-refractivity contribution in [2.45, 2.75) is 6.92 Å². The number of carbonyl (C=O) groups is 1. The molecular weight excluding hydrogens is 214 g/mol. The van der Waals surface area contributed by atoms with Crippen molar-refractivity contribution < 1.29 is 13.6 Å². The van der Waals surface area contributed by atoms with Gasteiger partial charge in [0.1, 0.15) is 0 Å². The third kappa shape index (κ3) is 1.84. The highest BCUT2D eigenvalue weighted by Gasteiger charge is 2.09. The lowest BCUT2D eigenvalue weighted by Crippen LogP contribution is -1.94. The van der Waals surface area contributed by atoms with Gasteiger partial charge < -0.3 is 4.98 Å². The van der Waals surface area contributed by atoms with Crippen molar-refractivity contribution >= 4 is 5.78 Å². The molecule has 1 aromatic carbocycles. The fourth-order valence-corrected chi connectivity index (χ4v) is 1.31. The summed E-state index contributed by atoms with van der Waals surface area (Å²) in [4.78, 5) is 17.5. The summed E-state index contributed by atoms with van der Waals surface area (Å²) in [6, 6.07) is 3.49. The SMILES string of the molecule is CC(=O)c1ncc(-c2ccc(F)c(F)c2)[nH]1. The summed E-state index contributed by atoms with van der Waals surface area (Å²) in [5, 5.41) is 0. The number of imidazole rings is 1. The van der Waals surface area contributed by atoms with E-state index in [0.29, 0.717) is 11.3 Å². The number of hydrogen-bond donors (Lipinski definition) is 1. The van der Waals surface area contributed by atoms with Crippen LogP contribution in [0.5, 0.6) is 0 Å². The molecule has 0 atom stereocenters. The van der Waals surface area contributed by atoms with Gasteiger partial charge in [0.05, 0.1) is 11.9 Å². The number of ketones is 1. The maximum Gasteiger partial charge on any atom is 0.194 e. The predicted octanol–water partition coefficient (Wildman–Crippen LogP) is 2.56. The Labute approximate surface area is 90.1 Å². The third-order valence-corrected chi connectivity index (χ3v) is 2.14. The average molecular weight is 222 g/mol. The van der Waals surface area contributed by atoms with Crippen molar-refractivity contribution in [1.29, 1.82) is 0 Å². The van der Waals surface area contributed by atoms with E-state index in [1.807, 2.05) is 0 Å². The summed E-state index contributed by atoms with van der Waals surface area (Å²) in [6.45, 7) is 1.37. The van der Waals surface area contributed by atoms with Crippen LogP contribution in [0.15, 0.2) is 24.4 Å². The van der Waals surface area contributed by atoms with Crippen LogP contribution in [0.1, 0.15) is 17.5 Å². The molecule has 2 aromatic rings. The quantitative estimate of drug-likeness (QED) is 0.793. The molecule has 1 aromatic heterocycles. The maximum absolute atomic E-state index is 13.0. The Morgan fingerprint density at radius 1 is 1.31 bits per heavy atom. The molecule has 0 aliphatic heterocycles. The van der Waals surface area contributed by atoms with Gasteiger partial charge in [0, 0.05) is 12.5 Å². The lowest BCUT2D eigenvalue weighted by atomic mass is 10.1. The topological polar surface area (TPSA) is 45.8 Å². The van der Waals surface area contributed by atoms with Crippen LogP contribution in [-0.2, 0) is 0 Å². The summed E-state index contributed by atoms with van der Waals surface area (Å²) >= 11 is 0. The summed E-state index contributed by atoms with van der Waals surface area (Å²) < 4.78 is 25.6. The molecule has 2 rings (SSSR count). The lowest BCUT2D eigenvalue weighted by Gasteiger charge is -1.98. The van der Waals surface area contributed by atoms with Crippen LogP contribution >= 0.6 is 0 Å². The van der Waals surface area contributed by atoms with Gasteiger partial charge in [0.2, 0.25) is 0 Å². The molecule has 3 nitrogen and oxygen atoms in total. The number of nitrogens with one attached hydrogen (secondary N) is 1. The molecule has 16 heavy (non-hydrogen) atoms. The number of benzene rings is 1. The van der Waals surface area contributed by atoms with Gasteiger partial charge in [-0.15, -0.1) is 0 Å². The van der Waals surface area contributed by atoms with Gasteiger partial charge in [-0.25, -0.2) is 13.8 Å². The Bertz CT molecular complexity index is 549. The number of nitrogens with zero attached hydrogens (tertiary/aromatic N) is 1. The van der Waals surface area contributed by atoms with Gasteiger partial charge in [-0.3, -0.25) is 4.79 Å². The van der Waals surface area contributed by atoms with Crippen molar-refractivity contribution in [3.8, 4) is 11.3 Å². The molecule has 0 fully saturated rings. The second kappa shape index (κ2) is 3.84. The first-order chi connectivity index (χ1) is 7.58. The van der Waals surface area contributed by atoms with Gasteiger partial charge in [-0.05, 0) is 18.2 Å². The number of aromatic nitrogens is 2. The van der Waals surface area contributed by atoms with Gasteiger partial charge in [-0.1, -0.05) is 0 Å². The number of Topliss-reactive ketones (excluding diaryl/α,β-unsaturated/α-hetero) is 1. The van der Waals surface area contributed by atoms with Crippen molar-refractivity contribution in [3.63, 3.8) is 0 Å². The van der Waals surface area contributed by atoms with E-state index in [1.54, 1.807) is 0 Å². The van der Waals surface area contributed by atoms with E-state index in [4.69, 9.17) is 0 Å². The van der Waals surface area contributed by atoms with Crippen molar-refractivity contribution in [1.82, 2.24) is 9.97 Å². The molecule has 0 radical (unpaired) electrons. The Morgan fingerprint density at radius 3 is 2.62 bits per heavy atom. The first kappa shape index (κ1) is 10.5. The normalized spacial score (nSPS) is 10.4. The van der Waals surface area contributed by atoms with Gasteiger partial charge in [-0.2, -0.15) is 0 Å². The molecule has 5 heteroatoms. The zero-order valence-electron chi connectivity index (χ0n) is 8.42. The average Bonchev–Trinajstić information content (AvgIpc) is 2.71. The van der Waals surface area contributed by atoms with Crippen LogP contribution in [-0.4, -0.2) is 15.8 Å². The molecule has 82 valence electrons. The van der Waals surface area contributed by atoms with E-state index in [-0.39, 0.29) is 11.6 Å². The van der Waals surface area contributed by atoms with Gasteiger partial charge in [0.25, 0.3) is 0 Å². The van der Waals surface area contributed by atoms with E-state index in [1.165, 1.54) is 19.2 Å². The summed E-state index contributed by atoms with van der Waals surface area (Å²) in [5.74, 6) is -1.86. The molecule has 1 heterocycles. The largest absolute Gasteiger partial charge is 0.336 e. The molecule has 0 amide bonds. The van der Waals surface area contributed by atoms with E-state index < -0.39 is 11.6 Å². The zero-order chi connectivity index (χ0) is 11.7. The molecule has 0 aliphatic rings. The monoisotopic (exact) mass is 222 g/mol. The van der Waals surface area contributed by atoms with Crippen LogP contribution in [0.4, 0.5) is 8.78 Å². The second-order valence-electron chi connectivity index (χ2n) is 3.33. The van der Waals surface area contributed by atoms with E-state index in [9.17, 15) is 13.6 Å². The molecule has 0 aliphatic carbocycles. The standard InChI is InChI=1S/C11H8F2N2O/c1-6(16)11-14-5-10(15-11)7-2-3-8(12)9(13)4-7/h2-5H,1H3,(H,14,15). The van der Waals surface area contributed by atoms with Crippen LogP contribution in [0, 0.1) is 11.6 Å². The Kier molecular flexibility index (Phi) is 2.52. The fourth-order valence-electron chi connectivity index (χ4n) is 1.31. The number of carbonyl (C=O) groups excluding carboxylic acids is 1. The molecule has 0 saturated carbocycles. The third-order valence-electron chi connectivity index (χ3n) is 2.14. The maximum atomic E-state index is 13.0. The number of aromatic amines is 1. The number of H-pyrrole nitrogens is 1. The Hall–Kier alpha value is -2.04. The minimum absolute atomic E-state index is 0.194. The molecule has 1 N–H and O–H groups in total. The predicted molar refractivity (Wildman–Crippen MR) is 53.9 cm³/mol. The van der Waals surface area contributed by atoms with Crippen molar-refractivity contribution in [3.05, 3.63) is 41.9 Å². The number of rotatable bonds is 2. The zero-order valence-corrected chi connectivity index (χ0v) is 8.42. The molecular formula is C11H8F2N2O. The Balaban J connectivity index is 2.42. The number of hydrogen-bond acceptors (Lipinski definition) is 2. The minimum Gasteiger partial charge on any atom is -0.336 e. The lowest BCUT2D eigenvalue weighted by molar-refractivity contribution is 0.100. The van der Waals surface area contributed by atoms with Gasteiger partial charge >= 0.3 is 0 Å². The number of halogens is 2. The highest BCUT2D eigenvalue weighted by Crippen LogP contribution is 2.19. The summed E-state index contributed by atoms with van der Waals surface area (Å²) in [6.07, 6.45) is 1.41. The van der Waals surface area contributed by atoms with E-state index >= 15 is 0 Å². The molecule has 0 spiro atoms. The van der Waals surface area contributed by atoms with Crippen LogP contribution in [0.2, 0.25) is 0 Å². The van der Waals surface area contributed by atoms with E-state index in [0.717, 1.165) is 12.1 Å². The first-order valence-corrected chi connectivity index (χ1v) is 4.59. The minimum atomic E-state index is -0.934. The van der Waals surface area contributed by atoms with Crippen molar-refractivity contribution in [2.24, 2.45) is 0 Å².